The summed E-state index contributed by atoms with van der Waals surface area (Å²) in [6.07, 6.45) is 0. The summed E-state index contributed by atoms with van der Waals surface area (Å²) in [6, 6.07) is 12.1. The van der Waals surface area contributed by atoms with Crippen LogP contribution in [0.25, 0.3) is 0 Å². The first-order chi connectivity index (χ1) is 13.3. The summed E-state index contributed by atoms with van der Waals surface area (Å²) in [5.74, 6) is 4.50. The predicted molar refractivity (Wildman–Crippen MR) is 105 cm³/mol. The number of benzene rings is 2. The third kappa shape index (κ3) is 4.99. The molecule has 28 heavy (non-hydrogen) atoms. The minimum Gasteiger partial charge on any atom is -0.492 e. The van der Waals surface area contributed by atoms with E-state index < -0.39 is 22.5 Å². The molecule has 0 aliphatic heterocycles. The Labute approximate surface area is 163 Å². The fraction of sp³-hybridized carbons (Fsp3) is 0.222. The zero-order chi connectivity index (χ0) is 20.7. The summed E-state index contributed by atoms with van der Waals surface area (Å²) in [5, 5.41) is 2.56. The molecule has 0 atom stereocenters. The number of hydrogen-bond acceptors (Lipinski definition) is 6. The van der Waals surface area contributed by atoms with Crippen molar-refractivity contribution in [1.29, 1.82) is 0 Å². The van der Waals surface area contributed by atoms with Gasteiger partial charge in [-0.2, -0.15) is 0 Å². The molecule has 0 saturated heterocycles. The quantitative estimate of drug-likeness (QED) is 0.343. The molecule has 0 heterocycles. The Kier molecular flexibility index (Phi) is 6.96. The van der Waals surface area contributed by atoms with Crippen LogP contribution >= 0.6 is 0 Å². The molecule has 0 aliphatic carbocycles. The van der Waals surface area contributed by atoms with Crippen LogP contribution in [0.5, 0.6) is 5.75 Å². The molecule has 0 bridgehead atoms. The first kappa shape index (κ1) is 21.2. The van der Waals surface area contributed by atoms with E-state index in [9.17, 15) is 18.0 Å². The molecule has 4 N–H and O–H groups in total. The number of carbonyl (C=O) groups excluding carboxylic acids is 2. The monoisotopic (exact) mass is 406 g/mol. The summed E-state index contributed by atoms with van der Waals surface area (Å²) in [7, 11) is -4.12. The number of sulfonamides is 1. The molecule has 150 valence electrons. The van der Waals surface area contributed by atoms with E-state index in [2.05, 4.69) is 5.32 Å². The molecule has 0 saturated carbocycles. The van der Waals surface area contributed by atoms with Crippen LogP contribution in [0.15, 0.2) is 53.4 Å². The Morgan fingerprint density at radius 1 is 1.11 bits per heavy atom. The second-order valence-electron chi connectivity index (χ2n) is 5.69. The molecule has 0 spiro atoms. The standard InChI is InChI=1S/C18H22N4O5S/c1-3-27-17-7-5-4-6-16(17)22(12-18(24)21-19)28(25,26)15-10-8-14(9-11-15)20-13(2)23/h4-11H,3,12,19H2,1-2H3,(H,20,23)(H,21,24). The average Bonchev–Trinajstić information content (AvgIpc) is 2.66. The lowest BCUT2D eigenvalue weighted by Gasteiger charge is -2.25. The van der Waals surface area contributed by atoms with Gasteiger partial charge in [0.2, 0.25) is 5.91 Å². The van der Waals surface area contributed by atoms with E-state index in [1.807, 2.05) is 5.43 Å². The summed E-state index contributed by atoms with van der Waals surface area (Å²) in [5.41, 5.74) is 2.60. The molecule has 0 aromatic heterocycles. The van der Waals surface area contributed by atoms with Gasteiger partial charge >= 0.3 is 0 Å². The Hall–Kier alpha value is -3.11. The molecule has 0 radical (unpaired) electrons. The van der Waals surface area contributed by atoms with E-state index in [4.69, 9.17) is 10.6 Å². The summed E-state index contributed by atoms with van der Waals surface area (Å²) >= 11 is 0. The van der Waals surface area contributed by atoms with Gasteiger partial charge in [0.05, 0.1) is 17.2 Å². The van der Waals surface area contributed by atoms with Crippen molar-refractivity contribution in [2.24, 2.45) is 5.84 Å². The first-order valence-electron chi connectivity index (χ1n) is 8.41. The van der Waals surface area contributed by atoms with Gasteiger partial charge in [-0.1, -0.05) is 12.1 Å². The Bertz CT molecular complexity index is 945. The van der Waals surface area contributed by atoms with Crippen molar-refractivity contribution in [2.75, 3.05) is 22.8 Å². The molecule has 2 aromatic carbocycles. The van der Waals surface area contributed by atoms with E-state index in [0.717, 1.165) is 4.31 Å². The lowest BCUT2D eigenvalue weighted by molar-refractivity contribution is -0.119. The summed E-state index contributed by atoms with van der Waals surface area (Å²) < 4.78 is 32.9. The normalized spacial score (nSPS) is 10.8. The van der Waals surface area contributed by atoms with Gasteiger partial charge in [-0.3, -0.25) is 19.3 Å². The number of hydrazine groups is 1. The molecule has 0 aliphatic rings. The Balaban J connectivity index is 2.50. The van der Waals surface area contributed by atoms with Gasteiger partial charge in [0, 0.05) is 12.6 Å². The number of carbonyl (C=O) groups is 2. The van der Waals surface area contributed by atoms with Gasteiger partial charge in [-0.15, -0.1) is 0 Å². The highest BCUT2D eigenvalue weighted by atomic mass is 32.2. The average molecular weight is 406 g/mol. The molecule has 2 aromatic rings. The van der Waals surface area contributed by atoms with E-state index in [-0.39, 0.29) is 16.5 Å². The van der Waals surface area contributed by atoms with Crippen molar-refractivity contribution >= 4 is 33.2 Å². The fourth-order valence-electron chi connectivity index (χ4n) is 2.46. The minimum absolute atomic E-state index is 0.0577. The smallest absolute Gasteiger partial charge is 0.264 e. The van der Waals surface area contributed by atoms with E-state index >= 15 is 0 Å². The number of ether oxygens (including phenoxy) is 1. The van der Waals surface area contributed by atoms with Gasteiger partial charge < -0.3 is 10.1 Å². The number of amides is 2. The number of nitrogens with one attached hydrogen (secondary N) is 2. The molecule has 9 nitrogen and oxygen atoms in total. The minimum atomic E-state index is -4.12. The maximum Gasteiger partial charge on any atom is 0.264 e. The molecular formula is C18H22N4O5S. The predicted octanol–water partition coefficient (Wildman–Crippen LogP) is 1.23. The van der Waals surface area contributed by atoms with Crippen LogP contribution in [0.4, 0.5) is 11.4 Å². The highest BCUT2D eigenvalue weighted by Crippen LogP contribution is 2.32. The Morgan fingerprint density at radius 3 is 2.32 bits per heavy atom. The van der Waals surface area contributed by atoms with Crippen LogP contribution in [-0.4, -0.2) is 33.4 Å². The second-order valence-corrected chi connectivity index (χ2v) is 7.55. The van der Waals surface area contributed by atoms with Gasteiger partial charge in [0.1, 0.15) is 12.3 Å². The third-order valence-electron chi connectivity index (χ3n) is 3.64. The molecule has 2 rings (SSSR count). The lowest BCUT2D eigenvalue weighted by Crippen LogP contribution is -2.43. The molecule has 0 unspecified atom stereocenters. The van der Waals surface area contributed by atoms with Crippen LogP contribution in [0, 0.1) is 0 Å². The van der Waals surface area contributed by atoms with Crippen LogP contribution in [0.3, 0.4) is 0 Å². The van der Waals surface area contributed by atoms with Crippen molar-refractivity contribution in [3.8, 4) is 5.75 Å². The fourth-order valence-corrected chi connectivity index (χ4v) is 3.89. The zero-order valence-corrected chi connectivity index (χ0v) is 16.3. The van der Waals surface area contributed by atoms with Crippen LogP contribution in [0.2, 0.25) is 0 Å². The van der Waals surface area contributed by atoms with Crippen LogP contribution in [0.1, 0.15) is 13.8 Å². The van der Waals surface area contributed by atoms with Gasteiger partial charge in [-0.05, 0) is 43.3 Å². The molecule has 2 amide bonds. The summed E-state index contributed by atoms with van der Waals surface area (Å²) in [6.45, 7) is 2.90. The second kappa shape index (κ2) is 9.20. The number of para-hydroxylation sites is 2. The van der Waals surface area contributed by atoms with Crippen molar-refractivity contribution in [2.45, 2.75) is 18.7 Å². The number of nitrogens with zero attached hydrogens (tertiary/aromatic N) is 1. The van der Waals surface area contributed by atoms with E-state index in [1.165, 1.54) is 37.3 Å². The SMILES string of the molecule is CCOc1ccccc1N(CC(=O)NN)S(=O)(=O)c1ccc(NC(C)=O)cc1. The maximum absolute atomic E-state index is 13.2. The number of nitrogens with two attached hydrogens (primary N) is 1. The Morgan fingerprint density at radius 2 is 1.75 bits per heavy atom. The third-order valence-corrected chi connectivity index (χ3v) is 5.42. The van der Waals surface area contributed by atoms with Crippen molar-refractivity contribution in [1.82, 2.24) is 5.43 Å². The van der Waals surface area contributed by atoms with E-state index in [1.54, 1.807) is 25.1 Å². The van der Waals surface area contributed by atoms with E-state index in [0.29, 0.717) is 18.0 Å². The number of rotatable bonds is 8. The van der Waals surface area contributed by atoms with Crippen molar-refractivity contribution in [3.05, 3.63) is 48.5 Å². The van der Waals surface area contributed by atoms with Crippen LogP contribution in [-0.2, 0) is 19.6 Å². The first-order valence-corrected chi connectivity index (χ1v) is 9.85. The maximum atomic E-state index is 13.2. The molecule has 10 heteroatoms. The highest BCUT2D eigenvalue weighted by molar-refractivity contribution is 7.92. The van der Waals surface area contributed by atoms with Crippen LogP contribution < -0.4 is 25.6 Å². The van der Waals surface area contributed by atoms with Gasteiger partial charge in [-0.25, -0.2) is 14.3 Å². The lowest BCUT2D eigenvalue weighted by atomic mass is 10.3. The highest BCUT2D eigenvalue weighted by Gasteiger charge is 2.29. The zero-order valence-electron chi connectivity index (χ0n) is 15.5. The molecule has 0 fully saturated rings. The number of anilines is 2. The van der Waals surface area contributed by atoms with Crippen molar-refractivity contribution < 1.29 is 22.7 Å². The number of hydrogen-bond donors (Lipinski definition) is 3. The van der Waals surface area contributed by atoms with Gasteiger partial charge in [0.25, 0.3) is 15.9 Å². The largest absolute Gasteiger partial charge is 0.492 e. The summed E-state index contributed by atoms with van der Waals surface area (Å²) in [4.78, 5) is 23.0. The topological polar surface area (TPSA) is 131 Å². The van der Waals surface area contributed by atoms with Gasteiger partial charge in [0.15, 0.2) is 0 Å². The van der Waals surface area contributed by atoms with Crippen molar-refractivity contribution in [3.63, 3.8) is 0 Å². The molecular weight excluding hydrogens is 384 g/mol.